The quantitative estimate of drug-likeness (QED) is 0.705. The number of piperidine rings is 1. The van der Waals surface area contributed by atoms with Crippen molar-refractivity contribution in [3.05, 3.63) is 35.1 Å². The number of benzene rings is 1. The molecule has 166 valence electrons. The third-order valence-electron chi connectivity index (χ3n) is 4.58. The minimum Gasteiger partial charge on any atom is -0.444 e. The van der Waals surface area contributed by atoms with E-state index >= 15 is 0 Å². The van der Waals surface area contributed by atoms with E-state index in [4.69, 9.17) is 4.74 Å². The van der Waals surface area contributed by atoms with Crippen molar-refractivity contribution in [1.29, 1.82) is 0 Å². The minimum absolute atomic E-state index is 0.0465. The summed E-state index contributed by atoms with van der Waals surface area (Å²) in [5.41, 5.74) is -1.21. The maximum Gasteiger partial charge on any atom is 0.408 e. The SMILES string of the molecule is CC(C)(C)OC(=O)NCC(=O)N1CCC(CNC(=O)c2ccc(F)c(F)c2F)CC1. The van der Waals surface area contributed by atoms with E-state index < -0.39 is 40.6 Å². The van der Waals surface area contributed by atoms with E-state index in [1.54, 1.807) is 25.7 Å². The molecule has 1 heterocycles. The van der Waals surface area contributed by atoms with Crippen LogP contribution in [0.4, 0.5) is 18.0 Å². The Morgan fingerprint density at radius 1 is 1.07 bits per heavy atom. The smallest absolute Gasteiger partial charge is 0.408 e. The molecule has 3 amide bonds. The molecule has 2 N–H and O–H groups in total. The van der Waals surface area contributed by atoms with Gasteiger partial charge in [0.2, 0.25) is 5.91 Å². The van der Waals surface area contributed by atoms with Crippen LogP contribution in [0.3, 0.4) is 0 Å². The van der Waals surface area contributed by atoms with Gasteiger partial charge in [-0.1, -0.05) is 0 Å². The van der Waals surface area contributed by atoms with Gasteiger partial charge in [0.05, 0.1) is 5.56 Å². The fraction of sp³-hybridized carbons (Fsp3) is 0.550. The topological polar surface area (TPSA) is 87.7 Å². The molecule has 1 saturated heterocycles. The number of nitrogens with zero attached hydrogens (tertiary/aromatic N) is 1. The highest BCUT2D eigenvalue weighted by Crippen LogP contribution is 2.18. The number of hydrogen-bond acceptors (Lipinski definition) is 4. The minimum atomic E-state index is -1.69. The predicted octanol–water partition coefficient (Wildman–Crippen LogP) is 2.60. The van der Waals surface area contributed by atoms with E-state index in [-0.39, 0.29) is 24.9 Å². The Morgan fingerprint density at radius 3 is 2.30 bits per heavy atom. The van der Waals surface area contributed by atoms with Gasteiger partial charge in [0.1, 0.15) is 12.1 Å². The van der Waals surface area contributed by atoms with Crippen molar-refractivity contribution in [2.45, 2.75) is 39.2 Å². The van der Waals surface area contributed by atoms with Crippen LogP contribution in [0.1, 0.15) is 44.0 Å². The molecule has 1 aromatic carbocycles. The van der Waals surface area contributed by atoms with Gasteiger partial charge in [0.15, 0.2) is 17.5 Å². The summed E-state index contributed by atoms with van der Waals surface area (Å²) < 4.78 is 45.0. The van der Waals surface area contributed by atoms with E-state index in [1.807, 2.05) is 0 Å². The summed E-state index contributed by atoms with van der Waals surface area (Å²) in [5.74, 6) is -5.59. The monoisotopic (exact) mass is 429 g/mol. The van der Waals surface area contributed by atoms with Crippen LogP contribution in [0.2, 0.25) is 0 Å². The second-order valence-electron chi connectivity index (χ2n) is 8.11. The fourth-order valence-electron chi connectivity index (χ4n) is 2.99. The van der Waals surface area contributed by atoms with E-state index in [2.05, 4.69) is 10.6 Å². The van der Waals surface area contributed by atoms with Gasteiger partial charge in [-0.15, -0.1) is 0 Å². The summed E-state index contributed by atoms with van der Waals surface area (Å²) in [6.45, 7) is 6.09. The lowest BCUT2D eigenvalue weighted by molar-refractivity contribution is -0.131. The van der Waals surface area contributed by atoms with Crippen LogP contribution in [0.15, 0.2) is 12.1 Å². The average molecular weight is 429 g/mol. The fourth-order valence-corrected chi connectivity index (χ4v) is 2.99. The van der Waals surface area contributed by atoms with E-state index in [1.165, 1.54) is 0 Å². The summed E-state index contributed by atoms with van der Waals surface area (Å²) in [4.78, 5) is 37.5. The highest BCUT2D eigenvalue weighted by atomic mass is 19.2. The first kappa shape index (κ1) is 23.5. The van der Waals surface area contributed by atoms with Gasteiger partial charge in [-0.25, -0.2) is 18.0 Å². The lowest BCUT2D eigenvalue weighted by Gasteiger charge is -2.32. The maximum absolute atomic E-state index is 13.7. The molecule has 0 radical (unpaired) electrons. The van der Waals surface area contributed by atoms with Gasteiger partial charge in [0.25, 0.3) is 5.91 Å². The van der Waals surface area contributed by atoms with Crippen LogP contribution in [0.5, 0.6) is 0 Å². The van der Waals surface area contributed by atoms with Crippen LogP contribution in [0, 0.1) is 23.4 Å². The largest absolute Gasteiger partial charge is 0.444 e. The molecule has 0 aliphatic carbocycles. The molecule has 1 aliphatic rings. The summed E-state index contributed by atoms with van der Waals surface area (Å²) in [6, 6.07) is 1.59. The first-order valence-electron chi connectivity index (χ1n) is 9.64. The molecule has 0 saturated carbocycles. The molecule has 2 rings (SSSR count). The molecule has 7 nitrogen and oxygen atoms in total. The molecular formula is C20H26F3N3O4. The first-order chi connectivity index (χ1) is 14.0. The van der Waals surface area contributed by atoms with Gasteiger partial charge in [-0.05, 0) is 51.7 Å². The van der Waals surface area contributed by atoms with Gasteiger partial charge in [-0.2, -0.15) is 0 Å². The molecule has 1 fully saturated rings. The van der Waals surface area contributed by atoms with E-state index in [9.17, 15) is 27.6 Å². The second kappa shape index (κ2) is 9.82. The zero-order valence-corrected chi connectivity index (χ0v) is 17.2. The number of halogens is 3. The predicted molar refractivity (Wildman–Crippen MR) is 102 cm³/mol. The molecule has 1 aliphatic heterocycles. The number of amides is 3. The zero-order valence-electron chi connectivity index (χ0n) is 17.2. The Bertz CT molecular complexity index is 803. The van der Waals surface area contributed by atoms with Crippen LogP contribution < -0.4 is 10.6 Å². The molecule has 0 spiro atoms. The first-order valence-corrected chi connectivity index (χ1v) is 9.64. The normalized spacial score (nSPS) is 14.9. The van der Waals surface area contributed by atoms with Gasteiger partial charge >= 0.3 is 6.09 Å². The zero-order chi connectivity index (χ0) is 22.5. The summed E-state index contributed by atoms with van der Waals surface area (Å²) >= 11 is 0. The lowest BCUT2D eigenvalue weighted by atomic mass is 9.96. The van der Waals surface area contributed by atoms with Crippen LogP contribution in [-0.4, -0.2) is 54.6 Å². The van der Waals surface area contributed by atoms with Gasteiger partial charge < -0.3 is 20.3 Å². The molecule has 0 atom stereocenters. The van der Waals surface area contributed by atoms with Crippen molar-refractivity contribution in [2.24, 2.45) is 5.92 Å². The number of carbonyl (C=O) groups excluding carboxylic acids is 3. The van der Waals surface area contributed by atoms with Crippen molar-refractivity contribution in [2.75, 3.05) is 26.2 Å². The molecule has 30 heavy (non-hydrogen) atoms. The number of rotatable bonds is 5. The molecule has 0 bridgehead atoms. The average Bonchev–Trinajstić information content (AvgIpc) is 2.67. The maximum atomic E-state index is 13.7. The van der Waals surface area contributed by atoms with Crippen LogP contribution in [0.25, 0.3) is 0 Å². The Morgan fingerprint density at radius 2 is 1.70 bits per heavy atom. The van der Waals surface area contributed by atoms with E-state index in [0.717, 1.165) is 6.07 Å². The third kappa shape index (κ3) is 6.64. The molecule has 0 aromatic heterocycles. The Balaban J connectivity index is 1.74. The van der Waals surface area contributed by atoms with Crippen molar-refractivity contribution < 1.29 is 32.3 Å². The molecule has 1 aromatic rings. The van der Waals surface area contributed by atoms with Crippen molar-refractivity contribution in [3.8, 4) is 0 Å². The number of alkyl carbamates (subject to hydrolysis) is 1. The summed E-state index contributed by atoms with van der Waals surface area (Å²) in [6.07, 6.45) is 0.523. The van der Waals surface area contributed by atoms with Crippen molar-refractivity contribution >= 4 is 17.9 Å². The molecular weight excluding hydrogens is 403 g/mol. The number of carbonyl (C=O) groups is 3. The molecule has 10 heteroatoms. The van der Waals surface area contributed by atoms with Crippen LogP contribution in [-0.2, 0) is 9.53 Å². The van der Waals surface area contributed by atoms with Gasteiger partial charge in [-0.3, -0.25) is 9.59 Å². The summed E-state index contributed by atoms with van der Waals surface area (Å²) in [5, 5.41) is 4.93. The second-order valence-corrected chi connectivity index (χ2v) is 8.11. The Kier molecular flexibility index (Phi) is 7.69. The van der Waals surface area contributed by atoms with Crippen LogP contribution >= 0.6 is 0 Å². The lowest BCUT2D eigenvalue weighted by Crippen LogP contribution is -2.46. The Hall–Kier alpha value is -2.78. The van der Waals surface area contributed by atoms with E-state index in [0.29, 0.717) is 32.0 Å². The Labute approximate surface area is 172 Å². The number of hydrogen-bond donors (Lipinski definition) is 2. The van der Waals surface area contributed by atoms with Gasteiger partial charge in [0, 0.05) is 19.6 Å². The standard InChI is InChI=1S/C20H26F3N3O4/c1-20(2,3)30-19(29)25-11-15(27)26-8-6-12(7-9-26)10-24-18(28)13-4-5-14(21)17(23)16(13)22/h4-5,12H,6-11H2,1-3H3,(H,24,28)(H,25,29). The number of likely N-dealkylation sites (tertiary alicyclic amines) is 1. The number of ether oxygens (including phenoxy) is 1. The molecule has 0 unspecified atom stereocenters. The third-order valence-corrected chi connectivity index (χ3v) is 4.58. The highest BCUT2D eigenvalue weighted by molar-refractivity contribution is 5.94. The number of nitrogens with one attached hydrogen (secondary N) is 2. The van der Waals surface area contributed by atoms with Crippen molar-refractivity contribution in [1.82, 2.24) is 15.5 Å². The van der Waals surface area contributed by atoms with Crippen molar-refractivity contribution in [3.63, 3.8) is 0 Å². The summed E-state index contributed by atoms with van der Waals surface area (Å²) in [7, 11) is 0. The highest BCUT2D eigenvalue weighted by Gasteiger charge is 2.25.